The van der Waals surface area contributed by atoms with E-state index in [1.807, 2.05) is 42.5 Å². The largest absolute Gasteiger partial charge is 0.320 e. The molecule has 4 nitrogen and oxygen atoms in total. The van der Waals surface area contributed by atoms with E-state index in [0.717, 1.165) is 16.9 Å². The third kappa shape index (κ3) is 2.62. The van der Waals surface area contributed by atoms with Gasteiger partial charge in [-0.1, -0.05) is 23.7 Å². The fraction of sp³-hybridized carbons (Fsp3) is 0.125. The van der Waals surface area contributed by atoms with Crippen LogP contribution in [0.15, 0.2) is 42.6 Å². The van der Waals surface area contributed by atoms with Gasteiger partial charge in [-0.3, -0.25) is 4.79 Å². The number of nitrogens with one attached hydrogen (secondary N) is 1. The maximum atomic E-state index is 12.3. The number of rotatable bonds is 2. The molecule has 0 aliphatic rings. The number of nitrogens with zero attached hydrogens (tertiary/aromatic N) is 2. The van der Waals surface area contributed by atoms with Gasteiger partial charge in [0.15, 0.2) is 0 Å². The highest BCUT2D eigenvalue weighted by atomic mass is 35.5. The highest BCUT2D eigenvalue weighted by Crippen LogP contribution is 2.21. The minimum atomic E-state index is -0.247. The summed E-state index contributed by atoms with van der Waals surface area (Å²) in [4.78, 5) is 16.7. The van der Waals surface area contributed by atoms with Gasteiger partial charge in [0.25, 0.3) is 5.91 Å². The Hall–Kier alpha value is -2.33. The predicted molar refractivity (Wildman–Crippen MR) is 84.1 cm³/mol. The van der Waals surface area contributed by atoms with Gasteiger partial charge in [0.1, 0.15) is 11.3 Å². The van der Waals surface area contributed by atoms with Crippen LogP contribution in [0.3, 0.4) is 0 Å². The van der Waals surface area contributed by atoms with Crippen LogP contribution in [0, 0.1) is 13.8 Å². The number of halogens is 1. The molecule has 0 saturated heterocycles. The molecule has 1 amide bonds. The Morgan fingerprint density at radius 2 is 2.05 bits per heavy atom. The van der Waals surface area contributed by atoms with Crippen molar-refractivity contribution in [2.24, 2.45) is 0 Å². The number of benzene rings is 1. The zero-order chi connectivity index (χ0) is 15.0. The summed E-state index contributed by atoms with van der Waals surface area (Å²) in [6.45, 7) is 3.89. The Morgan fingerprint density at radius 3 is 2.81 bits per heavy atom. The molecule has 5 heteroatoms. The molecule has 0 fully saturated rings. The minimum absolute atomic E-state index is 0.247. The third-order valence-electron chi connectivity index (χ3n) is 3.38. The van der Waals surface area contributed by atoms with Crippen LogP contribution in [0.2, 0.25) is 5.02 Å². The number of imidazole rings is 1. The highest BCUT2D eigenvalue weighted by molar-refractivity contribution is 6.31. The van der Waals surface area contributed by atoms with E-state index >= 15 is 0 Å². The molecular weight excluding hydrogens is 286 g/mol. The highest BCUT2D eigenvalue weighted by Gasteiger charge is 2.12. The second kappa shape index (κ2) is 5.22. The lowest BCUT2D eigenvalue weighted by Gasteiger charge is -2.07. The van der Waals surface area contributed by atoms with Crippen molar-refractivity contribution in [2.45, 2.75) is 13.8 Å². The van der Waals surface area contributed by atoms with Crippen molar-refractivity contribution in [3.8, 4) is 0 Å². The Kier molecular flexibility index (Phi) is 3.39. The van der Waals surface area contributed by atoms with Crippen LogP contribution in [0.1, 0.15) is 21.7 Å². The van der Waals surface area contributed by atoms with Crippen LogP contribution in [0.5, 0.6) is 0 Å². The Balaban J connectivity index is 1.93. The SMILES string of the molecule is Cc1ccc(Cl)cc1NC(=O)c1cn2c(C)cccc2n1. The molecule has 3 rings (SSSR count). The zero-order valence-electron chi connectivity index (χ0n) is 11.7. The summed E-state index contributed by atoms with van der Waals surface area (Å²) in [5.41, 5.74) is 3.80. The van der Waals surface area contributed by atoms with E-state index in [-0.39, 0.29) is 5.91 Å². The second-order valence-electron chi connectivity index (χ2n) is 4.93. The van der Waals surface area contributed by atoms with E-state index in [0.29, 0.717) is 16.4 Å². The number of anilines is 1. The molecule has 1 N–H and O–H groups in total. The van der Waals surface area contributed by atoms with Crippen LogP contribution in [0.4, 0.5) is 5.69 Å². The van der Waals surface area contributed by atoms with Crippen LogP contribution >= 0.6 is 11.6 Å². The molecule has 0 bridgehead atoms. The molecule has 2 aromatic heterocycles. The van der Waals surface area contributed by atoms with Crippen molar-refractivity contribution < 1.29 is 4.79 Å². The Morgan fingerprint density at radius 1 is 1.24 bits per heavy atom. The van der Waals surface area contributed by atoms with Crippen molar-refractivity contribution in [2.75, 3.05) is 5.32 Å². The summed E-state index contributed by atoms with van der Waals surface area (Å²) in [6.07, 6.45) is 1.74. The summed E-state index contributed by atoms with van der Waals surface area (Å²) in [5.74, 6) is -0.247. The van der Waals surface area contributed by atoms with Gasteiger partial charge in [-0.25, -0.2) is 4.98 Å². The smallest absolute Gasteiger partial charge is 0.275 e. The fourth-order valence-corrected chi connectivity index (χ4v) is 2.35. The summed E-state index contributed by atoms with van der Waals surface area (Å²) in [7, 11) is 0. The van der Waals surface area contributed by atoms with Crippen molar-refractivity contribution in [1.82, 2.24) is 9.38 Å². The molecule has 0 spiro atoms. The van der Waals surface area contributed by atoms with Gasteiger partial charge in [-0.05, 0) is 43.7 Å². The van der Waals surface area contributed by atoms with Gasteiger partial charge in [0.05, 0.1) is 0 Å². The van der Waals surface area contributed by atoms with Crippen molar-refractivity contribution in [3.63, 3.8) is 0 Å². The lowest BCUT2D eigenvalue weighted by Crippen LogP contribution is -2.13. The number of hydrogen-bond acceptors (Lipinski definition) is 2. The number of pyridine rings is 1. The summed E-state index contributed by atoms with van der Waals surface area (Å²) in [5, 5.41) is 3.43. The van der Waals surface area contributed by atoms with E-state index in [2.05, 4.69) is 10.3 Å². The van der Waals surface area contributed by atoms with Gasteiger partial charge in [-0.2, -0.15) is 0 Å². The van der Waals surface area contributed by atoms with Crippen LogP contribution in [-0.2, 0) is 0 Å². The van der Waals surface area contributed by atoms with E-state index in [9.17, 15) is 4.79 Å². The molecule has 0 radical (unpaired) electrons. The first-order valence-electron chi connectivity index (χ1n) is 6.57. The lowest BCUT2D eigenvalue weighted by molar-refractivity contribution is 0.102. The van der Waals surface area contributed by atoms with Crippen molar-refractivity contribution >= 4 is 28.8 Å². The number of aryl methyl sites for hydroxylation is 2. The standard InChI is InChI=1S/C16H14ClN3O/c1-10-6-7-12(17)8-13(10)19-16(21)14-9-20-11(2)4-3-5-15(20)18-14/h3-9H,1-2H3,(H,19,21). The number of amides is 1. The Bertz CT molecular complexity index is 839. The average Bonchev–Trinajstić information content (AvgIpc) is 2.88. The first kappa shape index (κ1) is 13.6. The molecule has 0 saturated carbocycles. The van der Waals surface area contributed by atoms with E-state index in [4.69, 9.17) is 11.6 Å². The minimum Gasteiger partial charge on any atom is -0.320 e. The molecule has 0 atom stereocenters. The summed E-state index contributed by atoms with van der Waals surface area (Å²) in [6, 6.07) is 11.1. The van der Waals surface area contributed by atoms with Gasteiger partial charge < -0.3 is 9.72 Å². The molecule has 21 heavy (non-hydrogen) atoms. The molecule has 0 unspecified atom stereocenters. The summed E-state index contributed by atoms with van der Waals surface area (Å²) >= 11 is 5.96. The normalized spacial score (nSPS) is 10.8. The van der Waals surface area contributed by atoms with Crippen LogP contribution in [0.25, 0.3) is 5.65 Å². The van der Waals surface area contributed by atoms with E-state index in [1.165, 1.54) is 0 Å². The molecular formula is C16H14ClN3O. The first-order chi connectivity index (χ1) is 10.0. The van der Waals surface area contributed by atoms with Gasteiger partial charge >= 0.3 is 0 Å². The van der Waals surface area contributed by atoms with E-state index in [1.54, 1.807) is 18.3 Å². The quantitative estimate of drug-likeness (QED) is 0.781. The van der Waals surface area contributed by atoms with Crippen LogP contribution in [-0.4, -0.2) is 15.3 Å². The molecule has 106 valence electrons. The maximum Gasteiger partial charge on any atom is 0.275 e. The predicted octanol–water partition coefficient (Wildman–Crippen LogP) is 3.86. The van der Waals surface area contributed by atoms with Gasteiger partial charge in [0, 0.05) is 22.6 Å². The second-order valence-corrected chi connectivity index (χ2v) is 5.37. The van der Waals surface area contributed by atoms with Gasteiger partial charge in [0.2, 0.25) is 0 Å². The molecule has 3 aromatic rings. The average molecular weight is 300 g/mol. The molecule has 0 aliphatic carbocycles. The monoisotopic (exact) mass is 299 g/mol. The lowest BCUT2D eigenvalue weighted by atomic mass is 10.2. The molecule has 2 heterocycles. The van der Waals surface area contributed by atoms with Crippen molar-refractivity contribution in [1.29, 1.82) is 0 Å². The number of hydrogen-bond donors (Lipinski definition) is 1. The van der Waals surface area contributed by atoms with Gasteiger partial charge in [-0.15, -0.1) is 0 Å². The fourth-order valence-electron chi connectivity index (χ4n) is 2.17. The third-order valence-corrected chi connectivity index (χ3v) is 3.61. The van der Waals surface area contributed by atoms with Crippen LogP contribution < -0.4 is 5.32 Å². The molecule has 0 aliphatic heterocycles. The van der Waals surface area contributed by atoms with Crippen molar-refractivity contribution in [3.05, 3.63) is 64.6 Å². The van der Waals surface area contributed by atoms with E-state index < -0.39 is 0 Å². The molecule has 1 aromatic carbocycles. The number of aromatic nitrogens is 2. The summed E-state index contributed by atoms with van der Waals surface area (Å²) < 4.78 is 1.89. The maximum absolute atomic E-state index is 12.3. The zero-order valence-corrected chi connectivity index (χ0v) is 12.5. The number of carbonyl (C=O) groups is 1. The topological polar surface area (TPSA) is 46.4 Å². The number of carbonyl (C=O) groups excluding carboxylic acids is 1. The Labute approximate surface area is 127 Å². The number of fused-ring (bicyclic) bond motifs is 1. The first-order valence-corrected chi connectivity index (χ1v) is 6.94.